The van der Waals surface area contributed by atoms with Gasteiger partial charge >= 0.3 is 12.0 Å². The summed E-state index contributed by atoms with van der Waals surface area (Å²) in [5.74, 6) is -0.0845. The monoisotopic (exact) mass is 300 g/mol. The molecule has 1 unspecified atom stereocenters. The van der Waals surface area contributed by atoms with E-state index in [1.54, 1.807) is 11.9 Å². The number of nitrogens with zero attached hydrogens (tertiary/aromatic N) is 1. The Balaban J connectivity index is 2.31. The number of hydrogen-bond acceptors (Lipinski definition) is 3. The third-order valence-electron chi connectivity index (χ3n) is 3.90. The number of hydrogen-bond donors (Lipinski definition) is 3. The lowest BCUT2D eigenvalue weighted by atomic mass is 9.82. The van der Waals surface area contributed by atoms with Gasteiger partial charge in [0.1, 0.15) is 0 Å². The summed E-state index contributed by atoms with van der Waals surface area (Å²) in [5.41, 5.74) is 0. The third kappa shape index (κ3) is 6.80. The van der Waals surface area contributed by atoms with Crippen molar-refractivity contribution < 1.29 is 19.8 Å². The Hall–Kier alpha value is -1.30. The fourth-order valence-corrected chi connectivity index (χ4v) is 2.84. The Labute approximate surface area is 126 Å². The number of nitrogens with one attached hydrogen (secondary N) is 1. The zero-order valence-corrected chi connectivity index (χ0v) is 13.2. The van der Waals surface area contributed by atoms with Crippen molar-refractivity contribution >= 4 is 12.0 Å². The number of carbonyl (C=O) groups excluding carboxylic acids is 1. The van der Waals surface area contributed by atoms with E-state index < -0.39 is 5.97 Å². The lowest BCUT2D eigenvalue weighted by Crippen LogP contribution is -2.45. The zero-order chi connectivity index (χ0) is 16.0. The summed E-state index contributed by atoms with van der Waals surface area (Å²) in [7, 11) is 1.73. The quantitative estimate of drug-likeness (QED) is 0.634. The van der Waals surface area contributed by atoms with Crippen LogP contribution in [0.4, 0.5) is 4.79 Å². The molecule has 0 saturated heterocycles. The minimum Gasteiger partial charge on any atom is -0.481 e. The van der Waals surface area contributed by atoms with E-state index in [2.05, 4.69) is 5.32 Å². The summed E-state index contributed by atoms with van der Waals surface area (Å²) in [6, 6.07) is -0.171. The van der Waals surface area contributed by atoms with Crippen LogP contribution in [0.5, 0.6) is 0 Å². The predicted molar refractivity (Wildman–Crippen MR) is 80.0 cm³/mol. The van der Waals surface area contributed by atoms with Gasteiger partial charge in [-0.1, -0.05) is 13.8 Å². The first-order valence-electron chi connectivity index (χ1n) is 7.66. The molecular weight excluding hydrogens is 272 g/mol. The van der Waals surface area contributed by atoms with Gasteiger partial charge in [0.2, 0.25) is 0 Å². The van der Waals surface area contributed by atoms with Gasteiger partial charge in [-0.25, -0.2) is 4.79 Å². The Morgan fingerprint density at radius 3 is 2.43 bits per heavy atom. The van der Waals surface area contributed by atoms with Gasteiger partial charge < -0.3 is 20.4 Å². The summed E-state index contributed by atoms with van der Waals surface area (Å²) < 4.78 is 0. The molecule has 0 spiro atoms. The standard InChI is InChI=1S/C15H28N2O4/c1-10(2)4-11(7-14(19)20)8-16-15(21)17(3)9-12-5-13(18)6-12/h10-13,18H,4-9H2,1-3H3,(H,16,21)(H,19,20). The van der Waals surface area contributed by atoms with Crippen molar-refractivity contribution in [3.8, 4) is 0 Å². The fraction of sp³-hybridized carbons (Fsp3) is 0.867. The maximum atomic E-state index is 12.0. The average Bonchev–Trinajstić information content (AvgIpc) is 2.32. The van der Waals surface area contributed by atoms with E-state index in [9.17, 15) is 14.7 Å². The van der Waals surface area contributed by atoms with Crippen LogP contribution in [0.1, 0.15) is 39.5 Å². The van der Waals surface area contributed by atoms with Crippen molar-refractivity contribution in [2.24, 2.45) is 17.8 Å². The normalized spacial score (nSPS) is 22.5. The molecule has 1 atom stereocenters. The van der Waals surface area contributed by atoms with Crippen LogP contribution in [0.25, 0.3) is 0 Å². The maximum absolute atomic E-state index is 12.0. The van der Waals surface area contributed by atoms with E-state index in [1.807, 2.05) is 13.8 Å². The lowest BCUT2D eigenvalue weighted by molar-refractivity contribution is -0.138. The highest BCUT2D eigenvalue weighted by Crippen LogP contribution is 2.27. The molecule has 0 aromatic carbocycles. The minimum absolute atomic E-state index is 0.0367. The molecular formula is C15H28N2O4. The van der Waals surface area contributed by atoms with Gasteiger partial charge in [0, 0.05) is 26.6 Å². The van der Waals surface area contributed by atoms with E-state index in [0.717, 1.165) is 19.3 Å². The lowest BCUT2D eigenvalue weighted by Gasteiger charge is -2.34. The number of aliphatic hydroxyl groups excluding tert-OH is 1. The number of rotatable bonds is 8. The van der Waals surface area contributed by atoms with Crippen LogP contribution in [0.2, 0.25) is 0 Å². The molecule has 0 heterocycles. The molecule has 0 aromatic rings. The first kappa shape index (κ1) is 17.8. The van der Waals surface area contributed by atoms with Crippen molar-refractivity contribution in [1.82, 2.24) is 10.2 Å². The van der Waals surface area contributed by atoms with Crippen LogP contribution in [0.3, 0.4) is 0 Å². The van der Waals surface area contributed by atoms with Crippen molar-refractivity contribution in [1.29, 1.82) is 0 Å². The largest absolute Gasteiger partial charge is 0.481 e. The first-order valence-corrected chi connectivity index (χ1v) is 7.66. The molecule has 0 radical (unpaired) electrons. The van der Waals surface area contributed by atoms with Crippen molar-refractivity contribution in [2.45, 2.75) is 45.6 Å². The molecule has 21 heavy (non-hydrogen) atoms. The highest BCUT2D eigenvalue weighted by molar-refractivity contribution is 5.74. The van der Waals surface area contributed by atoms with Gasteiger partial charge in [-0.05, 0) is 37.0 Å². The number of aliphatic hydroxyl groups is 1. The highest BCUT2D eigenvalue weighted by Gasteiger charge is 2.29. The number of urea groups is 1. The van der Waals surface area contributed by atoms with Crippen LogP contribution in [-0.2, 0) is 4.79 Å². The molecule has 1 rings (SSSR count). The zero-order valence-electron chi connectivity index (χ0n) is 13.2. The van der Waals surface area contributed by atoms with E-state index >= 15 is 0 Å². The van der Waals surface area contributed by atoms with E-state index in [1.165, 1.54) is 0 Å². The van der Waals surface area contributed by atoms with Crippen molar-refractivity contribution in [3.05, 3.63) is 0 Å². The smallest absolute Gasteiger partial charge is 0.317 e. The number of amides is 2. The molecule has 3 N–H and O–H groups in total. The minimum atomic E-state index is -0.827. The molecule has 1 fully saturated rings. The average molecular weight is 300 g/mol. The number of carboxylic acids is 1. The highest BCUT2D eigenvalue weighted by atomic mass is 16.4. The second-order valence-corrected chi connectivity index (χ2v) is 6.65. The molecule has 0 aliphatic heterocycles. The number of carboxylic acid groups (broad SMARTS) is 1. The molecule has 2 amide bonds. The SMILES string of the molecule is CC(C)CC(CNC(=O)N(C)CC1CC(O)C1)CC(=O)O. The van der Waals surface area contributed by atoms with E-state index in [0.29, 0.717) is 24.9 Å². The molecule has 6 heteroatoms. The molecule has 6 nitrogen and oxygen atoms in total. The van der Waals surface area contributed by atoms with E-state index in [4.69, 9.17) is 5.11 Å². The Kier molecular flexibility index (Phi) is 6.95. The maximum Gasteiger partial charge on any atom is 0.317 e. The van der Waals surface area contributed by atoms with Gasteiger partial charge in [-0.3, -0.25) is 4.79 Å². The number of aliphatic carboxylic acids is 1. The Morgan fingerprint density at radius 2 is 1.95 bits per heavy atom. The van der Waals surface area contributed by atoms with Crippen LogP contribution in [-0.4, -0.2) is 53.4 Å². The summed E-state index contributed by atoms with van der Waals surface area (Å²) in [6.45, 7) is 5.12. The summed E-state index contributed by atoms with van der Waals surface area (Å²) in [5, 5.41) is 21.0. The summed E-state index contributed by atoms with van der Waals surface area (Å²) in [4.78, 5) is 24.4. The topological polar surface area (TPSA) is 89.9 Å². The third-order valence-corrected chi connectivity index (χ3v) is 3.90. The summed E-state index contributed by atoms with van der Waals surface area (Å²) in [6.07, 6.45) is 2.17. The van der Waals surface area contributed by atoms with Crippen LogP contribution >= 0.6 is 0 Å². The van der Waals surface area contributed by atoms with Gasteiger partial charge in [-0.2, -0.15) is 0 Å². The molecule has 1 aliphatic carbocycles. The molecule has 1 aliphatic rings. The van der Waals surface area contributed by atoms with Crippen molar-refractivity contribution in [3.63, 3.8) is 0 Å². The van der Waals surface area contributed by atoms with Crippen LogP contribution < -0.4 is 5.32 Å². The van der Waals surface area contributed by atoms with Gasteiger partial charge in [-0.15, -0.1) is 0 Å². The van der Waals surface area contributed by atoms with Crippen LogP contribution in [0.15, 0.2) is 0 Å². The predicted octanol–water partition coefficient (Wildman–Crippen LogP) is 1.54. The molecule has 0 bridgehead atoms. The van der Waals surface area contributed by atoms with Gasteiger partial charge in [0.05, 0.1) is 6.10 Å². The van der Waals surface area contributed by atoms with E-state index in [-0.39, 0.29) is 24.5 Å². The van der Waals surface area contributed by atoms with Gasteiger partial charge in [0.15, 0.2) is 0 Å². The molecule has 1 saturated carbocycles. The summed E-state index contributed by atoms with van der Waals surface area (Å²) >= 11 is 0. The second kappa shape index (κ2) is 8.22. The molecule has 122 valence electrons. The van der Waals surface area contributed by atoms with Gasteiger partial charge in [0.25, 0.3) is 0 Å². The number of carbonyl (C=O) groups is 2. The Morgan fingerprint density at radius 1 is 1.33 bits per heavy atom. The Bertz CT molecular complexity index is 354. The molecule has 0 aromatic heterocycles. The fourth-order valence-electron chi connectivity index (χ4n) is 2.84. The second-order valence-electron chi connectivity index (χ2n) is 6.65. The van der Waals surface area contributed by atoms with Crippen molar-refractivity contribution in [2.75, 3.05) is 20.1 Å². The first-order chi connectivity index (χ1) is 9.77. The van der Waals surface area contributed by atoms with Crippen LogP contribution in [0, 0.1) is 17.8 Å².